The van der Waals surface area contributed by atoms with Gasteiger partial charge in [0.05, 0.1) is 39.8 Å². The summed E-state index contributed by atoms with van der Waals surface area (Å²) >= 11 is 0. The zero-order valence-electron chi connectivity index (χ0n) is 23.7. The van der Waals surface area contributed by atoms with Gasteiger partial charge in [0.25, 0.3) is 11.8 Å². The van der Waals surface area contributed by atoms with Crippen LogP contribution in [-0.2, 0) is 16.2 Å². The van der Waals surface area contributed by atoms with E-state index in [1.807, 2.05) is 0 Å². The number of aromatic amines is 1. The summed E-state index contributed by atoms with van der Waals surface area (Å²) in [5.41, 5.74) is 1.96. The number of carbonyl (C=O) groups excluding carboxylic acids is 2. The Bertz CT molecular complexity index is 2230. The minimum atomic E-state index is -1.73. The number of hydrogen-bond acceptors (Lipinski definition) is 11. The van der Waals surface area contributed by atoms with E-state index < -0.39 is 49.1 Å². The molecule has 2 aliphatic rings. The second-order valence-electron chi connectivity index (χ2n) is 11.4. The van der Waals surface area contributed by atoms with Gasteiger partial charge in [-0.2, -0.15) is 0 Å². The third kappa shape index (κ3) is 3.89. The molecule has 0 aliphatic carbocycles. The summed E-state index contributed by atoms with van der Waals surface area (Å²) in [6.45, 7) is -0.792. The highest BCUT2D eigenvalue weighted by Crippen LogP contribution is 2.48. The Hall–Kier alpha value is -5.09. The van der Waals surface area contributed by atoms with Crippen LogP contribution in [0, 0.1) is 0 Å². The first-order chi connectivity index (χ1) is 22.2. The highest BCUT2D eigenvalue weighted by molar-refractivity contribution is 6.39. The molecule has 14 heteroatoms. The smallest absolute Gasteiger partial charge is 0.286 e. The van der Waals surface area contributed by atoms with Crippen LogP contribution in [0.4, 0.5) is 0 Å². The first kappa shape index (κ1) is 28.4. The molecule has 3 aromatic heterocycles. The fraction of sp³-hybridized carbons (Fsp3) is 0.219. The largest absolute Gasteiger partial charge is 0.508 e. The van der Waals surface area contributed by atoms with Crippen LogP contribution in [0.25, 0.3) is 43.6 Å². The van der Waals surface area contributed by atoms with Crippen molar-refractivity contribution in [1.29, 1.82) is 0 Å². The summed E-state index contributed by atoms with van der Waals surface area (Å²) in [7, 11) is 0. The number of aromatic nitrogens is 3. The van der Waals surface area contributed by atoms with Crippen LogP contribution in [0.15, 0.2) is 60.9 Å². The molecule has 5 unspecified atom stereocenters. The minimum absolute atomic E-state index is 0.00441. The Morgan fingerprint density at radius 3 is 2.24 bits per heavy atom. The number of aliphatic hydroxyl groups excluding tert-OH is 4. The lowest BCUT2D eigenvalue weighted by atomic mass is 9.96. The normalized spacial score (nSPS) is 23.4. The van der Waals surface area contributed by atoms with Crippen LogP contribution < -0.4 is 0 Å². The van der Waals surface area contributed by atoms with Crippen LogP contribution in [0.1, 0.15) is 32.5 Å². The number of benzene rings is 3. The minimum Gasteiger partial charge on any atom is -0.508 e. The molecule has 1 saturated heterocycles. The summed E-state index contributed by atoms with van der Waals surface area (Å²) < 4.78 is 7.44. The van der Waals surface area contributed by atoms with E-state index in [1.54, 1.807) is 36.7 Å². The Kier molecular flexibility index (Phi) is 6.30. The number of nitrogens with one attached hydrogen (secondary N) is 1. The van der Waals surface area contributed by atoms with E-state index in [1.165, 1.54) is 28.8 Å². The van der Waals surface area contributed by atoms with Crippen LogP contribution >= 0.6 is 0 Å². The van der Waals surface area contributed by atoms with Gasteiger partial charge in [-0.15, -0.1) is 5.06 Å². The van der Waals surface area contributed by atoms with Crippen molar-refractivity contribution in [3.05, 3.63) is 77.6 Å². The number of rotatable bonds is 5. The van der Waals surface area contributed by atoms with Gasteiger partial charge in [-0.1, -0.05) is 0 Å². The van der Waals surface area contributed by atoms with E-state index in [2.05, 4.69) is 9.97 Å². The molecular weight excluding hydrogens is 600 g/mol. The molecule has 0 saturated carbocycles. The summed E-state index contributed by atoms with van der Waals surface area (Å²) in [4.78, 5) is 41.3. The van der Waals surface area contributed by atoms with Crippen molar-refractivity contribution in [1.82, 2.24) is 19.6 Å². The number of aromatic hydroxyl groups is 2. The molecule has 2 aliphatic heterocycles. The molecule has 1 fully saturated rings. The highest BCUT2D eigenvalue weighted by Gasteiger charge is 2.47. The molecule has 3 aromatic carbocycles. The Balaban J connectivity index is 1.47. The van der Waals surface area contributed by atoms with Gasteiger partial charge in [-0.05, 0) is 42.0 Å². The predicted octanol–water partition coefficient (Wildman–Crippen LogP) is 1.94. The van der Waals surface area contributed by atoms with E-state index in [9.17, 15) is 40.2 Å². The lowest BCUT2D eigenvalue weighted by Crippen LogP contribution is -2.56. The van der Waals surface area contributed by atoms with E-state index in [-0.39, 0.29) is 45.7 Å². The number of pyridine rings is 1. The average molecular weight is 627 g/mol. The Morgan fingerprint density at radius 1 is 0.848 bits per heavy atom. The number of carbonyl (C=O) groups is 2. The van der Waals surface area contributed by atoms with Crippen LogP contribution in [0.3, 0.4) is 0 Å². The van der Waals surface area contributed by atoms with Gasteiger partial charge in [0.1, 0.15) is 42.5 Å². The van der Waals surface area contributed by atoms with Crippen molar-refractivity contribution in [2.75, 3.05) is 6.61 Å². The standard InChI is InChI=1S/C32H26N4O10/c37-11-20-27(40)28(41)29(42)32(46-20)35-19-10-15(39)2-4-17(19)22-24-23(21-16-3-1-14(38)9-18(16)34-25(21)26(22)35)30(43)36(31(24)44)45-12-13-5-7-33-8-6-13/h1-10,20,27-29,32,34,37-42H,11-12H2. The first-order valence-electron chi connectivity index (χ1n) is 14.4. The van der Waals surface area contributed by atoms with Crippen molar-refractivity contribution >= 4 is 55.4 Å². The van der Waals surface area contributed by atoms with Crippen molar-refractivity contribution in [2.24, 2.45) is 0 Å². The third-order valence-corrected chi connectivity index (χ3v) is 8.78. The van der Waals surface area contributed by atoms with Crippen LogP contribution in [0.5, 0.6) is 11.5 Å². The molecule has 14 nitrogen and oxygen atoms in total. The van der Waals surface area contributed by atoms with Crippen molar-refractivity contribution in [3.63, 3.8) is 0 Å². The summed E-state index contributed by atoms with van der Waals surface area (Å²) in [6, 6.07) is 12.2. The maximum atomic E-state index is 14.2. The molecule has 234 valence electrons. The number of imide groups is 1. The molecular formula is C32H26N4O10. The fourth-order valence-corrected chi connectivity index (χ4v) is 6.69. The van der Waals surface area contributed by atoms with Gasteiger partial charge >= 0.3 is 0 Å². The average Bonchev–Trinajstić information content (AvgIpc) is 3.66. The second-order valence-corrected chi connectivity index (χ2v) is 11.4. The number of fused-ring (bicyclic) bond motifs is 10. The van der Waals surface area contributed by atoms with Gasteiger partial charge in [-0.3, -0.25) is 19.4 Å². The maximum absolute atomic E-state index is 14.2. The number of ether oxygens (including phenoxy) is 1. The number of phenolic OH excluding ortho intramolecular Hbond substituents is 2. The zero-order valence-corrected chi connectivity index (χ0v) is 23.7. The molecule has 46 heavy (non-hydrogen) atoms. The molecule has 6 aromatic rings. The van der Waals surface area contributed by atoms with Gasteiger partial charge in [0.15, 0.2) is 6.23 Å². The van der Waals surface area contributed by atoms with E-state index in [4.69, 9.17) is 9.57 Å². The lowest BCUT2D eigenvalue weighted by molar-refractivity contribution is -0.249. The summed E-state index contributed by atoms with van der Waals surface area (Å²) in [5, 5.41) is 65.4. The van der Waals surface area contributed by atoms with Gasteiger partial charge in [0, 0.05) is 46.1 Å². The topological polar surface area (TPSA) is 211 Å². The molecule has 8 rings (SSSR count). The Labute approximate surface area is 257 Å². The molecule has 5 heterocycles. The predicted molar refractivity (Wildman–Crippen MR) is 161 cm³/mol. The summed E-state index contributed by atoms with van der Waals surface area (Å²) in [5.74, 6) is -1.70. The highest BCUT2D eigenvalue weighted by atomic mass is 16.7. The SMILES string of the molecule is O=C1c2c(c3c4ccc(O)cc4n(C4OC(CO)C(O)C(O)C4O)c3c3[nH]c4cc(O)ccc4c23)C(=O)N1OCc1ccncc1. The Morgan fingerprint density at radius 2 is 1.52 bits per heavy atom. The quantitative estimate of drug-likeness (QED) is 0.137. The second kappa shape index (κ2) is 10.2. The number of H-pyrrole nitrogens is 1. The number of hydrogen-bond donors (Lipinski definition) is 7. The molecule has 0 bridgehead atoms. The van der Waals surface area contributed by atoms with Crippen molar-refractivity contribution < 1.29 is 49.8 Å². The van der Waals surface area contributed by atoms with Gasteiger partial charge in [0.2, 0.25) is 0 Å². The van der Waals surface area contributed by atoms with Crippen molar-refractivity contribution in [3.8, 4) is 11.5 Å². The number of phenols is 2. The molecule has 7 N–H and O–H groups in total. The number of aliphatic hydroxyl groups is 4. The molecule has 5 atom stereocenters. The van der Waals surface area contributed by atoms with Crippen LogP contribution in [-0.4, -0.2) is 93.1 Å². The van der Waals surface area contributed by atoms with Crippen LogP contribution in [0.2, 0.25) is 0 Å². The monoisotopic (exact) mass is 626 g/mol. The van der Waals surface area contributed by atoms with Crippen molar-refractivity contribution in [2.45, 2.75) is 37.3 Å². The van der Waals surface area contributed by atoms with Gasteiger partial charge in [-0.25, -0.2) is 0 Å². The fourth-order valence-electron chi connectivity index (χ4n) is 6.69. The third-order valence-electron chi connectivity index (χ3n) is 8.78. The zero-order chi connectivity index (χ0) is 32.0. The number of nitrogens with zero attached hydrogens (tertiary/aromatic N) is 3. The molecule has 2 amide bonds. The number of hydroxylamine groups is 2. The first-order valence-corrected chi connectivity index (χ1v) is 14.4. The van der Waals surface area contributed by atoms with E-state index in [0.717, 1.165) is 0 Å². The number of amides is 2. The van der Waals surface area contributed by atoms with E-state index >= 15 is 0 Å². The molecule has 0 radical (unpaired) electrons. The lowest BCUT2D eigenvalue weighted by Gasteiger charge is -2.41. The van der Waals surface area contributed by atoms with E-state index in [0.29, 0.717) is 37.8 Å². The van der Waals surface area contributed by atoms with Gasteiger partial charge < -0.3 is 44.9 Å². The summed E-state index contributed by atoms with van der Waals surface area (Å²) in [6.07, 6.45) is -4.69. The maximum Gasteiger partial charge on any atom is 0.286 e. The molecule has 0 spiro atoms.